The molecule has 0 radical (unpaired) electrons. The SMILES string of the molecule is Cc1c(Nc2nccc3cc(CNCCO)cnc23)cccc1-c1cccc(Nc2nccc3cc(CN4CC[C@@H](O)C4)cnc23)c1C. The van der Waals surface area contributed by atoms with Crippen molar-refractivity contribution in [1.29, 1.82) is 0 Å². The summed E-state index contributed by atoms with van der Waals surface area (Å²) in [4.78, 5) is 21.1. The Morgan fingerprint density at radius 2 is 1.35 bits per heavy atom. The Balaban J connectivity index is 1.13. The van der Waals surface area contributed by atoms with Crippen molar-refractivity contribution in [3.63, 3.8) is 0 Å². The summed E-state index contributed by atoms with van der Waals surface area (Å²) >= 11 is 0. The molecule has 48 heavy (non-hydrogen) atoms. The normalized spacial score (nSPS) is 15.0. The smallest absolute Gasteiger partial charge is 0.156 e. The van der Waals surface area contributed by atoms with E-state index in [4.69, 9.17) is 15.1 Å². The summed E-state index contributed by atoms with van der Waals surface area (Å²) < 4.78 is 0. The minimum Gasteiger partial charge on any atom is -0.395 e. The number of nitrogens with one attached hydrogen (secondary N) is 3. The fraction of sp³-hybridized carbons (Fsp3) is 0.263. The van der Waals surface area contributed by atoms with E-state index >= 15 is 0 Å². The molecule has 4 aromatic heterocycles. The third-order valence-electron chi connectivity index (χ3n) is 9.05. The van der Waals surface area contributed by atoms with Crippen LogP contribution in [0.15, 0.2) is 85.5 Å². The van der Waals surface area contributed by atoms with Gasteiger partial charge in [-0.3, -0.25) is 14.9 Å². The van der Waals surface area contributed by atoms with Crippen LogP contribution in [-0.2, 0) is 13.1 Å². The monoisotopic (exact) mass is 640 g/mol. The fourth-order valence-electron chi connectivity index (χ4n) is 6.48. The fourth-order valence-corrected chi connectivity index (χ4v) is 6.48. The Labute approximate surface area is 279 Å². The molecule has 1 fully saturated rings. The molecule has 244 valence electrons. The zero-order valence-corrected chi connectivity index (χ0v) is 27.2. The lowest BCUT2D eigenvalue weighted by atomic mass is 9.94. The second-order valence-corrected chi connectivity index (χ2v) is 12.4. The molecule has 0 saturated carbocycles. The molecule has 0 amide bonds. The van der Waals surface area contributed by atoms with Gasteiger partial charge in [0.15, 0.2) is 11.6 Å². The first-order chi connectivity index (χ1) is 23.5. The van der Waals surface area contributed by atoms with Crippen molar-refractivity contribution in [2.75, 3.05) is 36.9 Å². The maximum atomic E-state index is 9.91. The van der Waals surface area contributed by atoms with Gasteiger partial charge >= 0.3 is 0 Å². The Hall–Kier alpha value is -5.00. The van der Waals surface area contributed by atoms with Crippen molar-refractivity contribution in [3.8, 4) is 11.1 Å². The van der Waals surface area contributed by atoms with E-state index in [1.807, 2.05) is 30.7 Å². The second kappa shape index (κ2) is 14.0. The van der Waals surface area contributed by atoms with Gasteiger partial charge in [-0.05, 0) is 90.0 Å². The number of anilines is 4. The number of pyridine rings is 4. The molecule has 0 spiro atoms. The summed E-state index contributed by atoms with van der Waals surface area (Å²) in [7, 11) is 0. The summed E-state index contributed by atoms with van der Waals surface area (Å²) in [6.07, 6.45) is 7.97. The van der Waals surface area contributed by atoms with E-state index in [9.17, 15) is 5.11 Å². The highest BCUT2D eigenvalue weighted by Crippen LogP contribution is 2.36. The first-order valence-electron chi connectivity index (χ1n) is 16.4. The van der Waals surface area contributed by atoms with Crippen LogP contribution in [0.2, 0.25) is 0 Å². The summed E-state index contributed by atoms with van der Waals surface area (Å²) in [5.41, 5.74) is 10.2. The van der Waals surface area contributed by atoms with Gasteiger partial charge in [0.05, 0.1) is 12.7 Å². The average Bonchev–Trinajstić information content (AvgIpc) is 3.51. The van der Waals surface area contributed by atoms with E-state index in [1.54, 1.807) is 6.20 Å². The van der Waals surface area contributed by atoms with E-state index < -0.39 is 0 Å². The van der Waals surface area contributed by atoms with Crippen LogP contribution < -0.4 is 16.0 Å². The summed E-state index contributed by atoms with van der Waals surface area (Å²) in [5, 5.41) is 31.3. The van der Waals surface area contributed by atoms with Crippen LogP contribution in [0, 0.1) is 13.8 Å². The highest BCUT2D eigenvalue weighted by Gasteiger charge is 2.20. The predicted molar refractivity (Wildman–Crippen MR) is 192 cm³/mol. The number of aliphatic hydroxyl groups excluding tert-OH is 2. The Bertz CT molecular complexity index is 2080. The number of β-amino-alcohol motifs (C(OH)–C–C–N with tert-alkyl or cyclic N) is 1. The van der Waals surface area contributed by atoms with Gasteiger partial charge in [0.2, 0.25) is 0 Å². The van der Waals surface area contributed by atoms with Gasteiger partial charge in [0, 0.05) is 79.7 Å². The van der Waals surface area contributed by atoms with Gasteiger partial charge in [-0.15, -0.1) is 0 Å². The van der Waals surface area contributed by atoms with Crippen molar-refractivity contribution < 1.29 is 10.2 Å². The first kappa shape index (κ1) is 31.6. The van der Waals surface area contributed by atoms with Crippen molar-refractivity contribution in [2.45, 2.75) is 39.5 Å². The molecule has 1 aliphatic heterocycles. The van der Waals surface area contributed by atoms with E-state index in [0.29, 0.717) is 31.3 Å². The van der Waals surface area contributed by atoms with Crippen molar-refractivity contribution >= 4 is 44.8 Å². The summed E-state index contributed by atoms with van der Waals surface area (Å²) in [5.74, 6) is 1.41. The van der Waals surface area contributed by atoms with Gasteiger partial charge < -0.3 is 26.2 Å². The van der Waals surface area contributed by atoms with Crippen LogP contribution in [0.5, 0.6) is 0 Å². The molecule has 1 atom stereocenters. The van der Waals surface area contributed by atoms with Crippen molar-refractivity contribution in [1.82, 2.24) is 30.2 Å². The lowest BCUT2D eigenvalue weighted by Crippen LogP contribution is -2.21. The highest BCUT2D eigenvalue weighted by molar-refractivity contribution is 5.92. The maximum absolute atomic E-state index is 9.91. The zero-order valence-electron chi connectivity index (χ0n) is 27.2. The molecule has 2 aromatic carbocycles. The van der Waals surface area contributed by atoms with E-state index in [2.05, 4.69) is 93.2 Å². The second-order valence-electron chi connectivity index (χ2n) is 12.4. The molecule has 5 heterocycles. The van der Waals surface area contributed by atoms with Gasteiger partial charge in [0.1, 0.15) is 11.0 Å². The minimum absolute atomic E-state index is 0.102. The third-order valence-corrected chi connectivity index (χ3v) is 9.05. The molecule has 7 rings (SSSR count). The predicted octanol–water partition coefficient (Wildman–Crippen LogP) is 5.99. The molecule has 5 N–H and O–H groups in total. The highest BCUT2D eigenvalue weighted by atomic mass is 16.3. The van der Waals surface area contributed by atoms with Gasteiger partial charge in [0.25, 0.3) is 0 Å². The number of hydrogen-bond acceptors (Lipinski definition) is 10. The molecule has 10 heteroatoms. The van der Waals surface area contributed by atoms with E-state index in [1.165, 1.54) is 0 Å². The Morgan fingerprint density at radius 3 is 1.92 bits per heavy atom. The number of aromatic nitrogens is 4. The van der Waals surface area contributed by atoms with E-state index in [-0.39, 0.29) is 12.7 Å². The molecular formula is C38H40N8O2. The van der Waals surface area contributed by atoms with Crippen LogP contribution in [0.1, 0.15) is 28.7 Å². The molecule has 0 aliphatic carbocycles. The standard InChI is InChI=1S/C38H40N8O2/c1-24-31(5-3-7-33(24)44-37-35-28(9-12-40-37)17-26(20-42-35)19-39-14-16-47)32-6-4-8-34(25(32)2)45-38-36-29(10-13-41-38)18-27(21-43-36)22-46-15-11-30(48)23-46/h3-10,12-13,17-18,20-21,30,39,47-48H,11,14-16,19,22-23H2,1-2H3,(H,40,44)(H,41,45)/t30-/m1/s1. The molecule has 0 bridgehead atoms. The third kappa shape index (κ3) is 6.69. The Morgan fingerprint density at radius 1 is 0.771 bits per heavy atom. The average molecular weight is 641 g/mol. The summed E-state index contributed by atoms with van der Waals surface area (Å²) in [6.45, 7) is 7.92. The molecule has 1 aliphatic rings. The van der Waals surface area contributed by atoms with Gasteiger partial charge in [-0.25, -0.2) is 9.97 Å². The summed E-state index contributed by atoms with van der Waals surface area (Å²) in [6, 6.07) is 20.8. The van der Waals surface area contributed by atoms with Crippen LogP contribution >= 0.6 is 0 Å². The number of aliphatic hydroxyl groups is 2. The minimum atomic E-state index is -0.237. The molecule has 1 saturated heterocycles. The van der Waals surface area contributed by atoms with Crippen LogP contribution in [0.3, 0.4) is 0 Å². The molecule has 10 nitrogen and oxygen atoms in total. The van der Waals surface area contributed by atoms with Crippen molar-refractivity contribution in [2.24, 2.45) is 0 Å². The number of likely N-dealkylation sites (tertiary alicyclic amines) is 1. The van der Waals surface area contributed by atoms with Gasteiger partial charge in [-0.1, -0.05) is 24.3 Å². The first-order valence-corrected chi connectivity index (χ1v) is 16.4. The number of nitrogens with zero attached hydrogens (tertiary/aromatic N) is 5. The van der Waals surface area contributed by atoms with Crippen LogP contribution in [-0.4, -0.2) is 67.4 Å². The number of benzene rings is 2. The topological polar surface area (TPSA) is 131 Å². The lowest BCUT2D eigenvalue weighted by Gasteiger charge is -2.18. The maximum Gasteiger partial charge on any atom is 0.156 e. The number of rotatable bonds is 11. The number of fused-ring (bicyclic) bond motifs is 2. The lowest BCUT2D eigenvalue weighted by molar-refractivity contribution is 0.175. The van der Waals surface area contributed by atoms with Crippen LogP contribution in [0.25, 0.3) is 32.9 Å². The molecule has 0 unspecified atom stereocenters. The molecule has 6 aromatic rings. The van der Waals surface area contributed by atoms with Crippen molar-refractivity contribution in [3.05, 3.63) is 108 Å². The zero-order chi connectivity index (χ0) is 33.0. The largest absolute Gasteiger partial charge is 0.395 e. The van der Waals surface area contributed by atoms with E-state index in [0.717, 1.165) is 86.1 Å². The molecular weight excluding hydrogens is 600 g/mol. The van der Waals surface area contributed by atoms with Gasteiger partial charge in [-0.2, -0.15) is 0 Å². The van der Waals surface area contributed by atoms with Crippen LogP contribution in [0.4, 0.5) is 23.0 Å². The Kier molecular flexibility index (Phi) is 9.22. The number of hydrogen-bond donors (Lipinski definition) is 5. The quantitative estimate of drug-likeness (QED) is 0.108.